The van der Waals surface area contributed by atoms with Crippen LogP contribution in [0.3, 0.4) is 0 Å². The fourth-order valence-corrected chi connectivity index (χ4v) is 2.93. The van der Waals surface area contributed by atoms with Gasteiger partial charge < -0.3 is 4.74 Å². The second kappa shape index (κ2) is 6.85. The molecule has 0 fully saturated rings. The van der Waals surface area contributed by atoms with E-state index in [0.717, 1.165) is 33.7 Å². The van der Waals surface area contributed by atoms with Crippen molar-refractivity contribution in [2.24, 2.45) is 0 Å². The van der Waals surface area contributed by atoms with E-state index >= 15 is 0 Å². The molecule has 0 saturated heterocycles. The van der Waals surface area contributed by atoms with Crippen LogP contribution in [0.15, 0.2) is 48.9 Å². The van der Waals surface area contributed by atoms with E-state index in [1.54, 1.807) is 19.4 Å². The van der Waals surface area contributed by atoms with Crippen LogP contribution >= 0.6 is 11.6 Å². The Labute approximate surface area is 153 Å². The summed E-state index contributed by atoms with van der Waals surface area (Å²) < 4.78 is 5.74. The summed E-state index contributed by atoms with van der Waals surface area (Å²) in [4.78, 5) is 8.91. The summed E-state index contributed by atoms with van der Waals surface area (Å²) in [5, 5.41) is 0.616. The van der Waals surface area contributed by atoms with Crippen LogP contribution in [-0.2, 0) is 5.41 Å². The molecule has 127 valence electrons. The average Bonchev–Trinajstić information content (AvgIpc) is 2.61. The zero-order valence-corrected chi connectivity index (χ0v) is 15.6. The maximum atomic E-state index is 6.35. The van der Waals surface area contributed by atoms with Crippen LogP contribution in [0.4, 0.5) is 0 Å². The Kier molecular flexibility index (Phi) is 4.78. The number of methoxy groups -OCH3 is 1. The van der Waals surface area contributed by atoms with E-state index < -0.39 is 0 Å². The van der Waals surface area contributed by atoms with Crippen LogP contribution < -0.4 is 4.74 Å². The highest BCUT2D eigenvalue weighted by Gasteiger charge is 2.19. The Morgan fingerprint density at radius 3 is 2.52 bits per heavy atom. The molecule has 4 heteroatoms. The van der Waals surface area contributed by atoms with Gasteiger partial charge in [-0.05, 0) is 29.8 Å². The van der Waals surface area contributed by atoms with E-state index in [0.29, 0.717) is 5.02 Å². The Hall–Kier alpha value is -2.39. The van der Waals surface area contributed by atoms with Gasteiger partial charge in [-0.25, -0.2) is 0 Å². The van der Waals surface area contributed by atoms with Crippen molar-refractivity contribution in [2.45, 2.75) is 26.2 Å². The van der Waals surface area contributed by atoms with Crippen molar-refractivity contribution in [2.75, 3.05) is 7.11 Å². The van der Waals surface area contributed by atoms with Crippen molar-refractivity contribution < 1.29 is 4.74 Å². The summed E-state index contributed by atoms with van der Waals surface area (Å²) >= 11 is 6.35. The molecule has 0 aliphatic heterocycles. The lowest BCUT2D eigenvalue weighted by molar-refractivity contribution is 0.417. The smallest absolute Gasteiger partial charge is 0.137 e. The van der Waals surface area contributed by atoms with E-state index in [1.165, 1.54) is 0 Å². The van der Waals surface area contributed by atoms with E-state index in [9.17, 15) is 0 Å². The van der Waals surface area contributed by atoms with E-state index in [1.807, 2.05) is 30.6 Å². The molecule has 0 aliphatic rings. The lowest BCUT2D eigenvalue weighted by Gasteiger charge is -2.19. The Balaban J connectivity index is 2.19. The number of ether oxygens (including phenoxy) is 1. The van der Waals surface area contributed by atoms with Gasteiger partial charge in [0.25, 0.3) is 0 Å². The summed E-state index contributed by atoms with van der Waals surface area (Å²) in [5.41, 5.74) is 4.64. The number of rotatable bonds is 3. The summed E-state index contributed by atoms with van der Waals surface area (Å²) in [6.07, 6.45) is 5.41. The fourth-order valence-electron chi connectivity index (χ4n) is 2.70. The predicted octanol–water partition coefficient (Wildman–Crippen LogP) is 5.57. The van der Waals surface area contributed by atoms with Crippen LogP contribution in [0.25, 0.3) is 22.3 Å². The van der Waals surface area contributed by atoms with E-state index in [4.69, 9.17) is 16.3 Å². The number of hydrogen-bond acceptors (Lipinski definition) is 3. The first-order valence-corrected chi connectivity index (χ1v) is 8.44. The molecule has 3 aromatic rings. The molecule has 0 atom stereocenters. The number of hydrogen-bond donors (Lipinski definition) is 0. The van der Waals surface area contributed by atoms with Crippen molar-refractivity contribution >= 4 is 11.6 Å². The van der Waals surface area contributed by atoms with Gasteiger partial charge in [-0.15, -0.1) is 0 Å². The molecule has 0 saturated carbocycles. The number of halogens is 1. The highest BCUT2D eigenvalue weighted by atomic mass is 35.5. The third-order valence-corrected chi connectivity index (χ3v) is 4.36. The van der Waals surface area contributed by atoms with Gasteiger partial charge in [0.05, 0.1) is 7.11 Å². The summed E-state index contributed by atoms with van der Waals surface area (Å²) in [6, 6.07) is 12.5. The highest BCUT2D eigenvalue weighted by molar-refractivity contribution is 6.33. The molecule has 0 N–H and O–H groups in total. The van der Waals surface area contributed by atoms with Gasteiger partial charge in [0, 0.05) is 51.4 Å². The molecule has 1 aromatic carbocycles. The fraction of sp³-hybridized carbons (Fsp3) is 0.238. The molecule has 3 nitrogen and oxygen atoms in total. The Morgan fingerprint density at radius 2 is 1.84 bits per heavy atom. The lowest BCUT2D eigenvalue weighted by Crippen LogP contribution is -2.13. The minimum absolute atomic E-state index is 0.0349. The lowest BCUT2D eigenvalue weighted by atomic mass is 9.90. The maximum Gasteiger partial charge on any atom is 0.137 e. The Morgan fingerprint density at radius 1 is 1.08 bits per heavy atom. The van der Waals surface area contributed by atoms with Crippen molar-refractivity contribution in [3.05, 3.63) is 65.7 Å². The van der Waals surface area contributed by atoms with Gasteiger partial charge in [0.1, 0.15) is 5.75 Å². The third kappa shape index (κ3) is 3.52. The van der Waals surface area contributed by atoms with Crippen LogP contribution in [0, 0.1) is 6.07 Å². The molecule has 3 rings (SSSR count). The molecule has 0 aliphatic carbocycles. The number of nitrogens with zero attached hydrogens (tertiary/aromatic N) is 2. The van der Waals surface area contributed by atoms with Crippen LogP contribution in [0.2, 0.25) is 5.02 Å². The topological polar surface area (TPSA) is 35.0 Å². The highest BCUT2D eigenvalue weighted by Crippen LogP contribution is 2.40. The molecule has 2 heterocycles. The first-order valence-electron chi connectivity index (χ1n) is 8.06. The van der Waals surface area contributed by atoms with Crippen LogP contribution in [-0.4, -0.2) is 17.1 Å². The minimum atomic E-state index is -0.0349. The monoisotopic (exact) mass is 351 g/mol. The van der Waals surface area contributed by atoms with Gasteiger partial charge in [-0.1, -0.05) is 44.5 Å². The second-order valence-corrected chi connectivity index (χ2v) is 7.26. The van der Waals surface area contributed by atoms with Gasteiger partial charge in [-0.2, -0.15) is 0 Å². The van der Waals surface area contributed by atoms with Crippen molar-refractivity contribution in [1.82, 2.24) is 9.97 Å². The zero-order chi connectivity index (χ0) is 18.0. The number of aromatic nitrogens is 2. The van der Waals surface area contributed by atoms with Crippen molar-refractivity contribution in [1.29, 1.82) is 0 Å². The van der Waals surface area contributed by atoms with E-state index in [2.05, 4.69) is 42.9 Å². The molecular weight excluding hydrogens is 332 g/mol. The molecular formula is C21H20ClN2O. The number of pyridine rings is 2. The van der Waals surface area contributed by atoms with Crippen molar-refractivity contribution in [3.8, 4) is 28.0 Å². The van der Waals surface area contributed by atoms with E-state index in [-0.39, 0.29) is 5.41 Å². The molecule has 2 aromatic heterocycles. The molecule has 1 radical (unpaired) electrons. The predicted molar refractivity (Wildman–Crippen MR) is 102 cm³/mol. The maximum absolute atomic E-state index is 6.35. The first kappa shape index (κ1) is 17.4. The first-order chi connectivity index (χ1) is 11.9. The third-order valence-electron chi connectivity index (χ3n) is 4.04. The largest absolute Gasteiger partial charge is 0.495 e. The zero-order valence-electron chi connectivity index (χ0n) is 14.8. The van der Waals surface area contributed by atoms with Gasteiger partial charge in [0.15, 0.2) is 0 Å². The standard InChI is InChI=1S/C21H20ClN2O/c1-21(2,3)19-11-14(9-10-24-19)16-12-23-13-17(20(16)25-4)15-7-5-6-8-18(15)22/h5,7-13H,1-4H3. The minimum Gasteiger partial charge on any atom is -0.495 e. The quantitative estimate of drug-likeness (QED) is 0.618. The molecule has 25 heavy (non-hydrogen) atoms. The van der Waals surface area contributed by atoms with Gasteiger partial charge >= 0.3 is 0 Å². The molecule has 0 bridgehead atoms. The van der Waals surface area contributed by atoms with Gasteiger partial charge in [0.2, 0.25) is 0 Å². The summed E-state index contributed by atoms with van der Waals surface area (Å²) in [7, 11) is 1.66. The normalized spacial score (nSPS) is 11.4. The summed E-state index contributed by atoms with van der Waals surface area (Å²) in [5.74, 6) is 0.745. The second-order valence-electron chi connectivity index (χ2n) is 6.85. The molecule has 0 unspecified atom stereocenters. The Bertz CT molecular complexity index is 900. The van der Waals surface area contributed by atoms with Crippen molar-refractivity contribution in [3.63, 3.8) is 0 Å². The van der Waals surface area contributed by atoms with Crippen LogP contribution in [0.5, 0.6) is 5.75 Å². The van der Waals surface area contributed by atoms with Crippen LogP contribution in [0.1, 0.15) is 26.5 Å². The molecule has 0 amide bonds. The summed E-state index contributed by atoms with van der Waals surface area (Å²) in [6.45, 7) is 6.43. The SMILES string of the molecule is COc1c(-c2ccnc(C(C)(C)C)c2)cncc1-c1cc[c]cc1Cl. The van der Waals surface area contributed by atoms with Gasteiger partial charge in [-0.3, -0.25) is 9.97 Å². The average molecular weight is 352 g/mol. The molecule has 0 spiro atoms. The number of benzene rings is 1.